The van der Waals surface area contributed by atoms with E-state index < -0.39 is 10.0 Å². The highest BCUT2D eigenvalue weighted by molar-refractivity contribution is 7.92. The highest BCUT2D eigenvalue weighted by Crippen LogP contribution is 2.28. The molecule has 1 amide bonds. The Hall–Kier alpha value is -1.76. The number of nitrogens with one attached hydrogen (secondary N) is 1. The first-order valence-corrected chi connectivity index (χ1v) is 13.0. The van der Waals surface area contributed by atoms with Gasteiger partial charge in [0.15, 0.2) is 0 Å². The van der Waals surface area contributed by atoms with Gasteiger partial charge in [-0.3, -0.25) is 9.10 Å². The van der Waals surface area contributed by atoms with E-state index >= 15 is 0 Å². The molecule has 31 heavy (non-hydrogen) atoms. The van der Waals surface area contributed by atoms with Crippen molar-refractivity contribution in [2.75, 3.05) is 17.1 Å². The summed E-state index contributed by atoms with van der Waals surface area (Å²) in [6.07, 6.45) is 5.59. The summed E-state index contributed by atoms with van der Waals surface area (Å²) in [6, 6.07) is 11.6. The molecule has 0 saturated carbocycles. The number of benzene rings is 2. The van der Waals surface area contributed by atoms with Crippen LogP contribution >= 0.6 is 23.2 Å². The predicted molar refractivity (Wildman–Crippen MR) is 130 cm³/mol. The number of halogens is 2. The number of nitrogens with zero attached hydrogens (tertiary/aromatic N) is 1. The second kappa shape index (κ2) is 11.7. The van der Waals surface area contributed by atoms with E-state index in [0.29, 0.717) is 33.8 Å². The Labute approximate surface area is 195 Å². The van der Waals surface area contributed by atoms with Gasteiger partial charge in [-0.15, -0.1) is 0 Å². The minimum atomic E-state index is -3.57. The van der Waals surface area contributed by atoms with Gasteiger partial charge in [0, 0.05) is 22.2 Å². The average Bonchev–Trinajstić information content (AvgIpc) is 2.70. The quantitative estimate of drug-likeness (QED) is 0.431. The summed E-state index contributed by atoms with van der Waals surface area (Å²) in [5, 5.41) is 3.72. The summed E-state index contributed by atoms with van der Waals surface area (Å²) < 4.78 is 26.0. The molecule has 0 spiro atoms. The van der Waals surface area contributed by atoms with Gasteiger partial charge in [-0.2, -0.15) is 0 Å². The van der Waals surface area contributed by atoms with Crippen molar-refractivity contribution in [1.29, 1.82) is 0 Å². The van der Waals surface area contributed by atoms with Crippen molar-refractivity contribution in [2.24, 2.45) is 5.92 Å². The van der Waals surface area contributed by atoms with Gasteiger partial charge < -0.3 is 5.32 Å². The molecule has 2 aromatic carbocycles. The maximum absolute atomic E-state index is 12.5. The van der Waals surface area contributed by atoms with E-state index in [2.05, 4.69) is 19.2 Å². The number of sulfonamides is 1. The lowest BCUT2D eigenvalue weighted by Crippen LogP contribution is -2.30. The second-order valence-electron chi connectivity index (χ2n) is 7.72. The van der Waals surface area contributed by atoms with Crippen LogP contribution in [0.5, 0.6) is 0 Å². The number of carbonyl (C=O) groups excluding carboxylic acids is 1. The van der Waals surface area contributed by atoms with E-state index in [0.717, 1.165) is 37.5 Å². The van der Waals surface area contributed by atoms with Crippen molar-refractivity contribution >= 4 is 44.8 Å². The Morgan fingerprint density at radius 3 is 2.19 bits per heavy atom. The van der Waals surface area contributed by atoms with Crippen LogP contribution in [0.4, 0.5) is 5.69 Å². The van der Waals surface area contributed by atoms with E-state index in [1.165, 1.54) is 4.31 Å². The fraction of sp³-hybridized carbons (Fsp3) is 0.435. The summed E-state index contributed by atoms with van der Waals surface area (Å²) in [4.78, 5) is 12.5. The zero-order valence-electron chi connectivity index (χ0n) is 18.2. The molecule has 0 fully saturated rings. The molecule has 2 rings (SSSR count). The minimum Gasteiger partial charge on any atom is -0.352 e. The summed E-state index contributed by atoms with van der Waals surface area (Å²) >= 11 is 12.1. The fourth-order valence-corrected chi connectivity index (χ4v) is 4.68. The highest BCUT2D eigenvalue weighted by Gasteiger charge is 2.19. The zero-order chi connectivity index (χ0) is 23.0. The van der Waals surface area contributed by atoms with Gasteiger partial charge in [-0.25, -0.2) is 8.42 Å². The van der Waals surface area contributed by atoms with E-state index in [-0.39, 0.29) is 12.5 Å². The molecular formula is C23H30Cl2N2O3S. The number of anilines is 1. The zero-order valence-corrected chi connectivity index (χ0v) is 20.5. The van der Waals surface area contributed by atoms with Gasteiger partial charge in [-0.05, 0) is 48.2 Å². The van der Waals surface area contributed by atoms with Crippen molar-refractivity contribution in [3.05, 3.63) is 63.6 Å². The van der Waals surface area contributed by atoms with Gasteiger partial charge >= 0.3 is 0 Å². The number of carbonyl (C=O) groups is 1. The van der Waals surface area contributed by atoms with Crippen LogP contribution in [0.15, 0.2) is 42.5 Å². The molecular weight excluding hydrogens is 455 g/mol. The third-order valence-electron chi connectivity index (χ3n) is 5.17. The number of rotatable bonds is 11. The van der Waals surface area contributed by atoms with Crippen molar-refractivity contribution in [3.63, 3.8) is 0 Å². The summed E-state index contributed by atoms with van der Waals surface area (Å²) in [7, 11) is -3.57. The fourth-order valence-electron chi connectivity index (χ4n) is 3.29. The van der Waals surface area contributed by atoms with Crippen LogP contribution in [0.3, 0.4) is 0 Å². The van der Waals surface area contributed by atoms with Crippen LogP contribution in [-0.4, -0.2) is 27.1 Å². The van der Waals surface area contributed by atoms with Crippen molar-refractivity contribution < 1.29 is 13.2 Å². The standard InChI is InChI=1S/C23H30Cl2N2O3S/c1-4-6-7-17(5-2)15-26-23(28)19-10-8-18(9-11-19)16-27(31(3,29)30)22-13-20(24)12-21(25)14-22/h8-14,17H,4-7,15-16H2,1-3H3,(H,26,28). The molecule has 0 aromatic heterocycles. The topological polar surface area (TPSA) is 66.5 Å². The van der Waals surface area contributed by atoms with Gasteiger partial charge in [0.2, 0.25) is 10.0 Å². The Morgan fingerprint density at radius 1 is 1.06 bits per heavy atom. The van der Waals surface area contributed by atoms with E-state index in [1.807, 2.05) is 0 Å². The lowest BCUT2D eigenvalue weighted by Gasteiger charge is -2.23. The van der Waals surface area contributed by atoms with Gasteiger partial charge in [0.1, 0.15) is 0 Å². The first kappa shape index (κ1) is 25.5. The maximum atomic E-state index is 12.5. The molecule has 1 unspecified atom stereocenters. The maximum Gasteiger partial charge on any atom is 0.251 e. The number of hydrogen-bond acceptors (Lipinski definition) is 3. The largest absolute Gasteiger partial charge is 0.352 e. The minimum absolute atomic E-state index is 0.104. The molecule has 0 saturated heterocycles. The van der Waals surface area contributed by atoms with Crippen LogP contribution in [0.25, 0.3) is 0 Å². The number of amides is 1. The molecule has 5 nitrogen and oxygen atoms in total. The molecule has 0 aliphatic carbocycles. The van der Waals surface area contributed by atoms with Gasteiger partial charge in [0.25, 0.3) is 5.91 Å². The lowest BCUT2D eigenvalue weighted by atomic mass is 9.99. The smallest absolute Gasteiger partial charge is 0.251 e. The van der Waals surface area contributed by atoms with Crippen LogP contribution < -0.4 is 9.62 Å². The Kier molecular flexibility index (Phi) is 9.66. The summed E-state index contributed by atoms with van der Waals surface area (Å²) in [6.45, 7) is 5.07. The third kappa shape index (κ3) is 8.02. The Morgan fingerprint density at radius 2 is 1.68 bits per heavy atom. The predicted octanol–water partition coefficient (Wildman–Crippen LogP) is 5.91. The van der Waals surface area contributed by atoms with Gasteiger partial charge in [0.05, 0.1) is 18.5 Å². The Bertz CT molecular complexity index is 959. The second-order valence-corrected chi connectivity index (χ2v) is 10.5. The van der Waals surface area contributed by atoms with Crippen LogP contribution in [0.1, 0.15) is 55.5 Å². The first-order chi connectivity index (χ1) is 14.6. The molecule has 2 aromatic rings. The van der Waals surface area contributed by atoms with Crippen molar-refractivity contribution in [2.45, 2.75) is 46.1 Å². The van der Waals surface area contributed by atoms with Crippen LogP contribution in [0.2, 0.25) is 10.0 Å². The van der Waals surface area contributed by atoms with Crippen molar-refractivity contribution in [3.8, 4) is 0 Å². The summed E-state index contributed by atoms with van der Waals surface area (Å²) in [5.74, 6) is 0.360. The SMILES string of the molecule is CCCCC(CC)CNC(=O)c1ccc(CN(c2cc(Cl)cc(Cl)c2)S(C)(=O)=O)cc1. The van der Waals surface area contributed by atoms with Crippen LogP contribution in [0, 0.1) is 5.92 Å². The molecule has 0 aliphatic heterocycles. The third-order valence-corrected chi connectivity index (χ3v) is 6.75. The molecule has 0 bridgehead atoms. The monoisotopic (exact) mass is 484 g/mol. The lowest BCUT2D eigenvalue weighted by molar-refractivity contribution is 0.0946. The summed E-state index contributed by atoms with van der Waals surface area (Å²) in [5.41, 5.74) is 1.68. The molecule has 0 heterocycles. The van der Waals surface area contributed by atoms with E-state index in [9.17, 15) is 13.2 Å². The highest BCUT2D eigenvalue weighted by atomic mass is 35.5. The van der Waals surface area contributed by atoms with Crippen molar-refractivity contribution in [1.82, 2.24) is 5.32 Å². The number of hydrogen-bond donors (Lipinski definition) is 1. The Balaban J connectivity index is 2.09. The molecule has 170 valence electrons. The van der Waals surface area contributed by atoms with Crippen LogP contribution in [-0.2, 0) is 16.6 Å². The molecule has 8 heteroatoms. The molecule has 0 radical (unpaired) electrons. The van der Waals surface area contributed by atoms with E-state index in [1.54, 1.807) is 42.5 Å². The normalized spacial score (nSPS) is 12.4. The number of unbranched alkanes of at least 4 members (excludes halogenated alkanes) is 1. The molecule has 1 atom stereocenters. The first-order valence-electron chi connectivity index (χ1n) is 10.4. The van der Waals surface area contributed by atoms with E-state index in [4.69, 9.17) is 23.2 Å². The molecule has 0 aliphatic rings. The average molecular weight is 485 g/mol. The van der Waals surface area contributed by atoms with Gasteiger partial charge in [-0.1, -0.05) is 68.4 Å². The molecule has 1 N–H and O–H groups in total.